The topological polar surface area (TPSA) is 76.5 Å². The smallest absolute Gasteiger partial charge is 0.295 e. The highest BCUT2D eigenvalue weighted by Gasteiger charge is 2.39. The van der Waals surface area contributed by atoms with Gasteiger partial charge in [0, 0.05) is 23.1 Å². The van der Waals surface area contributed by atoms with Crippen molar-refractivity contribution in [2.75, 3.05) is 4.90 Å². The molecule has 2 N–H and O–H groups in total. The molecule has 1 aromatic heterocycles. The molecule has 0 spiro atoms. The summed E-state index contributed by atoms with van der Waals surface area (Å²) in [5.41, 5.74) is 7.97. The summed E-state index contributed by atoms with van der Waals surface area (Å²) in [6.45, 7) is 1.69. The maximum atomic E-state index is 13.5. The van der Waals surface area contributed by atoms with E-state index >= 15 is 0 Å². The van der Waals surface area contributed by atoms with Gasteiger partial charge in [0.15, 0.2) is 5.76 Å². The number of hydrogen-bond donors (Lipinski definition) is 1. The van der Waals surface area contributed by atoms with Crippen LogP contribution >= 0.6 is 0 Å². The SMILES string of the molecule is Cc1c(C(=O)N2c3ccccc3CC2C(N)=O)oc2ccc(F)cc12. The predicted molar refractivity (Wildman–Crippen MR) is 90.8 cm³/mol. The van der Waals surface area contributed by atoms with E-state index in [1.54, 1.807) is 19.1 Å². The Morgan fingerprint density at radius 2 is 2.00 bits per heavy atom. The van der Waals surface area contributed by atoms with Crippen LogP contribution in [0.3, 0.4) is 0 Å². The number of anilines is 1. The predicted octanol–water partition coefficient (Wildman–Crippen LogP) is 2.94. The van der Waals surface area contributed by atoms with Gasteiger partial charge < -0.3 is 10.2 Å². The summed E-state index contributed by atoms with van der Waals surface area (Å²) in [7, 11) is 0. The lowest BCUT2D eigenvalue weighted by molar-refractivity contribution is -0.119. The highest BCUT2D eigenvalue weighted by atomic mass is 19.1. The number of carbonyl (C=O) groups is 2. The summed E-state index contributed by atoms with van der Waals surface area (Å²) in [5.74, 6) is -1.35. The molecule has 4 rings (SSSR count). The van der Waals surface area contributed by atoms with Crippen LogP contribution in [0.1, 0.15) is 21.7 Å². The molecular formula is C19H15FN2O3. The first kappa shape index (κ1) is 15.4. The summed E-state index contributed by atoms with van der Waals surface area (Å²) >= 11 is 0. The number of para-hydroxylation sites is 1. The monoisotopic (exact) mass is 338 g/mol. The van der Waals surface area contributed by atoms with Gasteiger partial charge in [-0.2, -0.15) is 0 Å². The quantitative estimate of drug-likeness (QED) is 0.780. The Bertz CT molecular complexity index is 1020. The lowest BCUT2D eigenvalue weighted by Gasteiger charge is -2.22. The van der Waals surface area contributed by atoms with E-state index in [4.69, 9.17) is 10.2 Å². The number of nitrogens with zero attached hydrogens (tertiary/aromatic N) is 1. The van der Waals surface area contributed by atoms with E-state index in [0.717, 1.165) is 5.56 Å². The van der Waals surface area contributed by atoms with Gasteiger partial charge in [-0.3, -0.25) is 14.5 Å². The first-order valence-electron chi connectivity index (χ1n) is 7.87. The molecule has 0 aliphatic carbocycles. The Kier molecular flexibility index (Phi) is 3.35. The van der Waals surface area contributed by atoms with Gasteiger partial charge in [0.1, 0.15) is 17.4 Å². The van der Waals surface area contributed by atoms with Crippen LogP contribution in [-0.4, -0.2) is 17.9 Å². The number of nitrogens with two attached hydrogens (primary N) is 1. The van der Waals surface area contributed by atoms with E-state index in [-0.39, 0.29) is 5.76 Å². The molecule has 3 aromatic rings. The average Bonchev–Trinajstić information content (AvgIpc) is 3.13. The van der Waals surface area contributed by atoms with E-state index in [1.165, 1.54) is 23.1 Å². The molecule has 5 nitrogen and oxygen atoms in total. The molecule has 2 heterocycles. The highest BCUT2D eigenvalue weighted by Crippen LogP contribution is 2.35. The maximum absolute atomic E-state index is 13.5. The van der Waals surface area contributed by atoms with Crippen LogP contribution in [0.4, 0.5) is 10.1 Å². The number of primary amides is 1. The van der Waals surface area contributed by atoms with Crippen molar-refractivity contribution in [3.8, 4) is 0 Å². The standard InChI is InChI=1S/C19H15FN2O3/c1-10-13-9-12(20)6-7-16(13)25-17(10)19(24)22-14-5-3-2-4-11(14)8-15(22)18(21)23/h2-7,9,15H,8H2,1H3,(H2,21,23). The van der Waals surface area contributed by atoms with E-state index in [1.807, 2.05) is 12.1 Å². The number of furan rings is 1. The van der Waals surface area contributed by atoms with Gasteiger partial charge in [-0.1, -0.05) is 18.2 Å². The van der Waals surface area contributed by atoms with Gasteiger partial charge in [-0.05, 0) is 36.8 Å². The van der Waals surface area contributed by atoms with Gasteiger partial charge in [0.25, 0.3) is 5.91 Å². The zero-order chi connectivity index (χ0) is 17.7. The van der Waals surface area contributed by atoms with Gasteiger partial charge in [0.2, 0.25) is 5.91 Å². The van der Waals surface area contributed by atoms with E-state index in [2.05, 4.69) is 0 Å². The Hall–Kier alpha value is -3.15. The van der Waals surface area contributed by atoms with Gasteiger partial charge in [0.05, 0.1) is 0 Å². The molecule has 1 aliphatic heterocycles. The van der Waals surface area contributed by atoms with Gasteiger partial charge in [-0.15, -0.1) is 0 Å². The second-order valence-corrected chi connectivity index (χ2v) is 6.12. The minimum atomic E-state index is -0.769. The number of halogens is 1. The molecule has 0 bridgehead atoms. The molecule has 126 valence electrons. The zero-order valence-electron chi connectivity index (χ0n) is 13.5. The van der Waals surface area contributed by atoms with Crippen LogP contribution in [0.2, 0.25) is 0 Å². The van der Waals surface area contributed by atoms with Crippen molar-refractivity contribution in [3.63, 3.8) is 0 Å². The third kappa shape index (κ3) is 2.29. The molecule has 1 unspecified atom stereocenters. The molecule has 1 aliphatic rings. The Morgan fingerprint density at radius 1 is 1.24 bits per heavy atom. The summed E-state index contributed by atoms with van der Waals surface area (Å²) < 4.78 is 19.2. The molecule has 2 amide bonds. The molecule has 0 radical (unpaired) electrons. The average molecular weight is 338 g/mol. The van der Waals surface area contributed by atoms with Crippen molar-refractivity contribution in [1.29, 1.82) is 0 Å². The van der Waals surface area contributed by atoms with Crippen LogP contribution in [-0.2, 0) is 11.2 Å². The number of fused-ring (bicyclic) bond motifs is 2. The molecular weight excluding hydrogens is 323 g/mol. The molecule has 0 saturated carbocycles. The van der Waals surface area contributed by atoms with E-state index < -0.39 is 23.7 Å². The molecule has 1 atom stereocenters. The fraction of sp³-hybridized carbons (Fsp3) is 0.158. The highest BCUT2D eigenvalue weighted by molar-refractivity contribution is 6.12. The molecule has 6 heteroatoms. The lowest BCUT2D eigenvalue weighted by Crippen LogP contribution is -2.46. The maximum Gasteiger partial charge on any atom is 0.295 e. The minimum Gasteiger partial charge on any atom is -0.451 e. The van der Waals surface area contributed by atoms with Crippen LogP contribution in [0.5, 0.6) is 0 Å². The van der Waals surface area contributed by atoms with Crippen LogP contribution in [0.25, 0.3) is 11.0 Å². The van der Waals surface area contributed by atoms with Crippen molar-refractivity contribution in [2.45, 2.75) is 19.4 Å². The third-order valence-electron chi connectivity index (χ3n) is 4.62. The Morgan fingerprint density at radius 3 is 2.76 bits per heavy atom. The Labute approximate surface area is 142 Å². The Balaban J connectivity index is 1.85. The van der Waals surface area contributed by atoms with Crippen molar-refractivity contribution in [3.05, 3.63) is 65.2 Å². The number of benzene rings is 2. The second kappa shape index (κ2) is 5.44. The summed E-state index contributed by atoms with van der Waals surface area (Å²) in [4.78, 5) is 26.4. The zero-order valence-corrected chi connectivity index (χ0v) is 13.5. The summed E-state index contributed by atoms with van der Waals surface area (Å²) in [6, 6.07) is 10.6. The number of carbonyl (C=O) groups excluding carboxylic acids is 2. The number of amides is 2. The van der Waals surface area contributed by atoms with Gasteiger partial charge in [-0.25, -0.2) is 4.39 Å². The minimum absolute atomic E-state index is 0.0866. The van der Waals surface area contributed by atoms with Gasteiger partial charge >= 0.3 is 0 Å². The van der Waals surface area contributed by atoms with E-state index in [9.17, 15) is 14.0 Å². The van der Waals surface area contributed by atoms with E-state index in [0.29, 0.717) is 28.6 Å². The van der Waals surface area contributed by atoms with Crippen molar-refractivity contribution in [1.82, 2.24) is 0 Å². The van der Waals surface area contributed by atoms with Crippen molar-refractivity contribution < 1.29 is 18.4 Å². The molecule has 25 heavy (non-hydrogen) atoms. The van der Waals surface area contributed by atoms with Crippen LogP contribution in [0.15, 0.2) is 46.9 Å². The summed E-state index contributed by atoms with van der Waals surface area (Å²) in [6.07, 6.45) is 0.366. The summed E-state index contributed by atoms with van der Waals surface area (Å²) in [5, 5.41) is 0.534. The normalized spacial score (nSPS) is 16.2. The lowest BCUT2D eigenvalue weighted by atomic mass is 10.1. The van der Waals surface area contributed by atoms with Crippen molar-refractivity contribution in [2.24, 2.45) is 5.73 Å². The van der Waals surface area contributed by atoms with Crippen LogP contribution < -0.4 is 10.6 Å². The first-order chi connectivity index (χ1) is 12.0. The fourth-order valence-electron chi connectivity index (χ4n) is 3.37. The number of hydrogen-bond acceptors (Lipinski definition) is 3. The largest absolute Gasteiger partial charge is 0.451 e. The fourth-order valence-corrected chi connectivity index (χ4v) is 3.37. The third-order valence-corrected chi connectivity index (χ3v) is 4.62. The molecule has 2 aromatic carbocycles. The second-order valence-electron chi connectivity index (χ2n) is 6.12. The first-order valence-corrected chi connectivity index (χ1v) is 7.87. The number of aryl methyl sites for hydroxylation is 1. The number of rotatable bonds is 2. The van der Waals surface area contributed by atoms with Crippen LogP contribution in [0, 0.1) is 12.7 Å². The molecule has 0 saturated heterocycles. The molecule has 0 fully saturated rings. The van der Waals surface area contributed by atoms with Crippen molar-refractivity contribution >= 4 is 28.5 Å².